The minimum Gasteiger partial charge on any atom is -0.481 e. The van der Waals surface area contributed by atoms with Crippen molar-refractivity contribution in [3.63, 3.8) is 0 Å². The van der Waals surface area contributed by atoms with Crippen molar-refractivity contribution in [3.8, 4) is 0 Å². The first-order valence-corrected chi connectivity index (χ1v) is 13.5. The summed E-state index contributed by atoms with van der Waals surface area (Å²) in [5, 5.41) is 22.6. The van der Waals surface area contributed by atoms with Crippen LogP contribution in [-0.2, 0) is 9.53 Å². The average molecular weight is 481 g/mol. The van der Waals surface area contributed by atoms with Gasteiger partial charge in [0.15, 0.2) is 0 Å². The van der Waals surface area contributed by atoms with Gasteiger partial charge in [0.05, 0.1) is 5.92 Å². The highest BCUT2D eigenvalue weighted by atomic mass is 32.1. The molecule has 0 amide bonds. The summed E-state index contributed by atoms with van der Waals surface area (Å²) in [5.74, 6) is 1.02. The van der Waals surface area contributed by atoms with Gasteiger partial charge in [-0.15, -0.1) is 0 Å². The number of fused-ring (bicyclic) bond motifs is 5. The van der Waals surface area contributed by atoms with Gasteiger partial charge in [-0.05, 0) is 111 Å². The quantitative estimate of drug-likeness (QED) is 0.424. The van der Waals surface area contributed by atoms with Crippen LogP contribution in [0.5, 0.6) is 0 Å². The second kappa shape index (κ2) is 9.27. The van der Waals surface area contributed by atoms with Crippen molar-refractivity contribution in [2.24, 2.45) is 46.2 Å². The van der Waals surface area contributed by atoms with Crippen LogP contribution < -0.4 is 11.1 Å². The monoisotopic (exact) mass is 480 g/mol. The van der Waals surface area contributed by atoms with Crippen LogP contribution >= 0.6 is 12.2 Å². The maximum absolute atomic E-state index is 12.0. The molecule has 4 rings (SSSR count). The molecule has 0 radical (unpaired) electrons. The van der Waals surface area contributed by atoms with Gasteiger partial charge in [0, 0.05) is 18.7 Å². The summed E-state index contributed by atoms with van der Waals surface area (Å²) < 4.78 is 6.16. The highest BCUT2D eigenvalue weighted by Crippen LogP contribution is 2.68. The number of nitrogens with one attached hydrogen (secondary N) is 1. The van der Waals surface area contributed by atoms with Crippen molar-refractivity contribution in [3.05, 3.63) is 0 Å². The van der Waals surface area contributed by atoms with E-state index in [1.165, 1.54) is 0 Å². The van der Waals surface area contributed by atoms with Gasteiger partial charge in [0.25, 0.3) is 5.17 Å². The molecule has 6 nitrogen and oxygen atoms in total. The maximum atomic E-state index is 12.0. The third-order valence-corrected chi connectivity index (χ3v) is 11.0. The average Bonchev–Trinajstić information content (AvgIpc) is 3.04. The van der Waals surface area contributed by atoms with Gasteiger partial charge in [0.1, 0.15) is 6.10 Å². The number of hydrogen-bond acceptors (Lipinski definition) is 5. The van der Waals surface area contributed by atoms with Crippen LogP contribution in [0, 0.1) is 40.4 Å². The van der Waals surface area contributed by atoms with E-state index in [-0.39, 0.29) is 35.0 Å². The molecule has 0 heterocycles. The Labute approximate surface area is 204 Å². The minimum absolute atomic E-state index is 0.163. The number of rotatable bonds is 6. The Bertz CT molecular complexity index is 765. The Kier molecular flexibility index (Phi) is 7.07. The molecule has 188 valence electrons. The van der Waals surface area contributed by atoms with Crippen molar-refractivity contribution in [1.29, 1.82) is 0 Å². The number of carboxylic acid groups (broad SMARTS) is 1. The zero-order valence-electron chi connectivity index (χ0n) is 20.6. The summed E-state index contributed by atoms with van der Waals surface area (Å²) in [6.07, 6.45) is 9.98. The Hall–Kier alpha value is -0.920. The van der Waals surface area contributed by atoms with E-state index in [4.69, 9.17) is 27.8 Å². The van der Waals surface area contributed by atoms with Crippen molar-refractivity contribution in [1.82, 2.24) is 5.32 Å². The first-order chi connectivity index (χ1) is 15.5. The predicted molar refractivity (Wildman–Crippen MR) is 133 cm³/mol. The van der Waals surface area contributed by atoms with Gasteiger partial charge in [-0.2, -0.15) is 0 Å². The summed E-state index contributed by atoms with van der Waals surface area (Å²) in [4.78, 5) is 12.0. The molecule has 7 heteroatoms. The van der Waals surface area contributed by atoms with Crippen molar-refractivity contribution < 1.29 is 19.7 Å². The van der Waals surface area contributed by atoms with E-state index in [1.807, 2.05) is 0 Å². The van der Waals surface area contributed by atoms with Gasteiger partial charge < -0.3 is 26.0 Å². The van der Waals surface area contributed by atoms with Crippen LogP contribution in [0.15, 0.2) is 0 Å². The zero-order chi connectivity index (χ0) is 24.0. The molecule has 0 aromatic carbocycles. The SMILES string of the molecule is CC(CCO)CNC(=S)OC1CC[C@@]2(C)C(CC[C@@H]3[C@H]2CC[C@]2(C)C(C(=O)O)CC[C@@]32N)C1. The molecule has 0 bridgehead atoms. The van der Waals surface area contributed by atoms with E-state index < -0.39 is 5.97 Å². The van der Waals surface area contributed by atoms with Crippen LogP contribution in [0.25, 0.3) is 0 Å². The topological polar surface area (TPSA) is 105 Å². The number of nitrogens with two attached hydrogens (primary N) is 1. The van der Waals surface area contributed by atoms with Crippen LogP contribution in [0.4, 0.5) is 0 Å². The second-order valence-corrected chi connectivity index (χ2v) is 12.6. The number of aliphatic hydroxyl groups excluding tert-OH is 1. The number of carboxylic acids is 1. The molecular weight excluding hydrogens is 436 g/mol. The van der Waals surface area contributed by atoms with Crippen molar-refractivity contribution in [2.45, 2.75) is 96.6 Å². The highest BCUT2D eigenvalue weighted by Gasteiger charge is 2.67. The number of hydrogen-bond donors (Lipinski definition) is 4. The Morgan fingerprint density at radius 1 is 1.15 bits per heavy atom. The molecule has 4 aliphatic rings. The molecular formula is C26H44N2O4S. The summed E-state index contributed by atoms with van der Waals surface area (Å²) in [6.45, 7) is 7.67. The fourth-order valence-electron chi connectivity index (χ4n) is 8.56. The fourth-order valence-corrected chi connectivity index (χ4v) is 8.78. The lowest BCUT2D eigenvalue weighted by Gasteiger charge is -2.64. The molecule has 4 saturated carbocycles. The molecule has 0 spiro atoms. The summed E-state index contributed by atoms with van der Waals surface area (Å²) in [6, 6.07) is 0. The number of carbonyl (C=O) groups is 1. The fraction of sp³-hybridized carbons (Fsp3) is 0.923. The predicted octanol–water partition coefficient (Wildman–Crippen LogP) is 4.09. The third-order valence-electron chi connectivity index (χ3n) is 10.7. The van der Waals surface area contributed by atoms with E-state index in [2.05, 4.69) is 26.1 Å². The molecule has 4 aliphatic carbocycles. The van der Waals surface area contributed by atoms with E-state index >= 15 is 0 Å². The molecule has 0 aromatic rings. The summed E-state index contributed by atoms with van der Waals surface area (Å²) in [7, 11) is 0. The van der Waals surface area contributed by atoms with Gasteiger partial charge >= 0.3 is 5.97 Å². The molecule has 4 fully saturated rings. The Balaban J connectivity index is 1.40. The van der Waals surface area contributed by atoms with Crippen molar-refractivity contribution >= 4 is 23.4 Å². The normalized spacial score (nSPS) is 45.3. The number of thiocarbonyl (C=S) groups is 1. The van der Waals surface area contributed by atoms with E-state index in [0.717, 1.165) is 70.8 Å². The molecule has 0 aromatic heterocycles. The molecule has 0 saturated heterocycles. The van der Waals surface area contributed by atoms with E-state index in [9.17, 15) is 9.90 Å². The second-order valence-electron chi connectivity index (χ2n) is 12.2. The number of aliphatic carboxylic acids is 1. The molecule has 0 aliphatic heterocycles. The smallest absolute Gasteiger partial charge is 0.307 e. The van der Waals surface area contributed by atoms with E-state index in [1.54, 1.807) is 0 Å². The lowest BCUT2D eigenvalue weighted by atomic mass is 9.42. The van der Waals surface area contributed by atoms with Gasteiger partial charge in [-0.25, -0.2) is 0 Å². The highest BCUT2D eigenvalue weighted by molar-refractivity contribution is 7.80. The Morgan fingerprint density at radius 3 is 2.61 bits per heavy atom. The van der Waals surface area contributed by atoms with Gasteiger partial charge in [-0.1, -0.05) is 20.8 Å². The van der Waals surface area contributed by atoms with Crippen LogP contribution in [0.1, 0.15) is 85.0 Å². The molecule has 9 atom stereocenters. The molecule has 5 N–H and O–H groups in total. The summed E-state index contributed by atoms with van der Waals surface area (Å²) in [5.41, 5.74) is 6.82. The maximum Gasteiger partial charge on any atom is 0.307 e. The summed E-state index contributed by atoms with van der Waals surface area (Å²) >= 11 is 5.45. The van der Waals surface area contributed by atoms with E-state index in [0.29, 0.717) is 28.8 Å². The van der Waals surface area contributed by atoms with Crippen LogP contribution in [0.2, 0.25) is 0 Å². The lowest BCUT2D eigenvalue weighted by molar-refractivity contribution is -0.157. The van der Waals surface area contributed by atoms with Gasteiger partial charge in [0.2, 0.25) is 0 Å². The standard InChI is InChI=1S/C26H44N2O4S/c1-16(9-13-29)15-28-23(33)32-18-6-10-24(2)17(14-18)4-5-20-19(24)7-11-25(3)21(22(30)31)8-12-26(20,25)27/h16-21,29H,4-15,27H2,1-3H3,(H,28,33)(H,30,31)/t16?,17?,18?,19-,20-,21?,24+,25-,26-/m1/s1. The van der Waals surface area contributed by atoms with Crippen LogP contribution in [0.3, 0.4) is 0 Å². The molecule has 4 unspecified atom stereocenters. The minimum atomic E-state index is -0.656. The third kappa shape index (κ3) is 4.20. The number of ether oxygens (including phenoxy) is 1. The number of aliphatic hydroxyl groups is 1. The molecule has 33 heavy (non-hydrogen) atoms. The Morgan fingerprint density at radius 2 is 1.91 bits per heavy atom. The first-order valence-electron chi connectivity index (χ1n) is 13.1. The van der Waals surface area contributed by atoms with Gasteiger partial charge in [-0.3, -0.25) is 4.79 Å². The van der Waals surface area contributed by atoms with Crippen molar-refractivity contribution in [2.75, 3.05) is 13.2 Å². The largest absolute Gasteiger partial charge is 0.481 e. The van der Waals surface area contributed by atoms with Crippen LogP contribution in [-0.4, -0.2) is 46.2 Å². The lowest BCUT2D eigenvalue weighted by Crippen LogP contribution is -2.66. The first kappa shape index (κ1) is 25.2. The zero-order valence-corrected chi connectivity index (χ0v) is 21.5.